The molecule has 1 aliphatic heterocycles. The van der Waals surface area contributed by atoms with Crippen LogP contribution in [0, 0.1) is 6.92 Å². The topological polar surface area (TPSA) is 103 Å². The first-order valence-electron chi connectivity index (χ1n) is 11.0. The molecule has 176 valence electrons. The Labute approximate surface area is 197 Å². The Morgan fingerprint density at radius 1 is 1.03 bits per heavy atom. The van der Waals surface area contributed by atoms with Crippen LogP contribution in [0.2, 0.25) is 0 Å². The van der Waals surface area contributed by atoms with Gasteiger partial charge in [0.1, 0.15) is 11.5 Å². The first-order chi connectivity index (χ1) is 16.4. The highest BCUT2D eigenvalue weighted by Gasteiger charge is 2.42. The third-order valence-electron chi connectivity index (χ3n) is 6.68. The van der Waals surface area contributed by atoms with Gasteiger partial charge < -0.3 is 29.2 Å². The largest absolute Gasteiger partial charge is 0.504 e. The number of aromatic nitrogens is 1. The second-order valence-corrected chi connectivity index (χ2v) is 8.53. The molecule has 0 radical (unpaired) electrons. The number of nitrogens with zero attached hydrogens (tertiary/aromatic N) is 1. The van der Waals surface area contributed by atoms with Crippen molar-refractivity contribution in [3.05, 3.63) is 70.1 Å². The third-order valence-corrected chi connectivity index (χ3v) is 6.68. The van der Waals surface area contributed by atoms with Crippen LogP contribution >= 0.6 is 0 Å². The first kappa shape index (κ1) is 21.9. The minimum atomic E-state index is -0.398. The summed E-state index contributed by atoms with van der Waals surface area (Å²) >= 11 is 0. The smallest absolute Gasteiger partial charge is 0.233 e. The fourth-order valence-corrected chi connectivity index (χ4v) is 5.03. The molecular formula is C26H26N2O6. The molecule has 0 saturated carbocycles. The second-order valence-electron chi connectivity index (χ2n) is 8.53. The molecule has 2 atom stereocenters. The number of nitrogens with one attached hydrogen (secondary N) is 1. The van der Waals surface area contributed by atoms with Crippen LogP contribution < -0.4 is 19.5 Å². The Hall–Kier alpha value is -3.94. The number of allylic oxidation sites excluding steroid dienone is 2. The summed E-state index contributed by atoms with van der Waals surface area (Å²) in [4.78, 5) is 13.7. The van der Waals surface area contributed by atoms with Crippen molar-refractivity contribution in [2.45, 2.75) is 31.6 Å². The number of ketones is 1. The number of fused-ring (bicyclic) bond motifs is 1. The van der Waals surface area contributed by atoms with Crippen molar-refractivity contribution < 1.29 is 28.6 Å². The molecule has 3 aromatic rings. The minimum absolute atomic E-state index is 0.0342. The molecule has 8 nitrogen and oxygen atoms in total. The monoisotopic (exact) mass is 462 g/mol. The number of aryl methyl sites for hydroxylation is 1. The third kappa shape index (κ3) is 3.46. The fraction of sp³-hybridized carbons (Fsp3) is 0.308. The van der Waals surface area contributed by atoms with Gasteiger partial charge in [0.25, 0.3) is 0 Å². The van der Waals surface area contributed by atoms with Gasteiger partial charge in [-0.25, -0.2) is 0 Å². The highest BCUT2D eigenvalue weighted by atomic mass is 16.5. The zero-order valence-corrected chi connectivity index (χ0v) is 19.5. The lowest BCUT2D eigenvalue weighted by atomic mass is 9.72. The van der Waals surface area contributed by atoms with E-state index in [4.69, 9.17) is 18.7 Å². The van der Waals surface area contributed by atoms with Crippen LogP contribution in [0.1, 0.15) is 47.1 Å². The molecule has 8 heteroatoms. The van der Waals surface area contributed by atoms with Crippen LogP contribution in [0.25, 0.3) is 0 Å². The van der Waals surface area contributed by atoms with Gasteiger partial charge in [0.15, 0.2) is 17.3 Å². The predicted octanol–water partition coefficient (Wildman–Crippen LogP) is 4.67. The van der Waals surface area contributed by atoms with Crippen molar-refractivity contribution in [1.82, 2.24) is 5.16 Å². The molecule has 34 heavy (non-hydrogen) atoms. The molecule has 0 unspecified atom stereocenters. The summed E-state index contributed by atoms with van der Waals surface area (Å²) in [5.74, 6) is 1.87. The van der Waals surface area contributed by atoms with Gasteiger partial charge in [-0.1, -0.05) is 11.2 Å². The Balaban J connectivity index is 1.64. The van der Waals surface area contributed by atoms with Crippen LogP contribution in [0.15, 0.2) is 52.2 Å². The lowest BCUT2D eigenvalue weighted by molar-refractivity contribution is -0.116. The molecule has 2 aliphatic rings. The van der Waals surface area contributed by atoms with E-state index in [2.05, 4.69) is 10.5 Å². The van der Waals surface area contributed by atoms with E-state index in [1.54, 1.807) is 26.4 Å². The second kappa shape index (κ2) is 8.44. The van der Waals surface area contributed by atoms with Gasteiger partial charge in [0.2, 0.25) is 5.88 Å². The summed E-state index contributed by atoms with van der Waals surface area (Å²) in [7, 11) is 4.73. The molecule has 0 amide bonds. The average Bonchev–Trinajstić information content (AvgIpc) is 3.22. The number of hydrogen-bond donors (Lipinski definition) is 2. The van der Waals surface area contributed by atoms with E-state index in [1.165, 1.54) is 7.11 Å². The molecule has 0 saturated heterocycles. The van der Waals surface area contributed by atoms with Crippen LogP contribution in [-0.2, 0) is 4.79 Å². The molecule has 0 spiro atoms. The summed E-state index contributed by atoms with van der Waals surface area (Å²) in [5.41, 5.74) is 4.76. The number of carbonyl (C=O) groups excluding carboxylic acids is 1. The van der Waals surface area contributed by atoms with Crippen LogP contribution in [0.5, 0.6) is 23.0 Å². The van der Waals surface area contributed by atoms with Crippen molar-refractivity contribution in [3.8, 4) is 23.0 Å². The number of aromatic hydroxyl groups is 1. The summed E-state index contributed by atoms with van der Waals surface area (Å²) in [6.07, 6.45) is 0.924. The Morgan fingerprint density at radius 2 is 1.82 bits per heavy atom. The quantitative estimate of drug-likeness (QED) is 0.564. The Bertz CT molecular complexity index is 1310. The Morgan fingerprint density at radius 3 is 2.56 bits per heavy atom. The Kier molecular flexibility index (Phi) is 5.43. The van der Waals surface area contributed by atoms with Gasteiger partial charge in [-0.05, 0) is 55.2 Å². The van der Waals surface area contributed by atoms with Gasteiger partial charge >= 0.3 is 0 Å². The van der Waals surface area contributed by atoms with Crippen molar-refractivity contribution >= 4 is 11.7 Å². The maximum Gasteiger partial charge on any atom is 0.233 e. The van der Waals surface area contributed by atoms with E-state index in [-0.39, 0.29) is 17.5 Å². The SMILES string of the molecule is COc1ccc(OC)c([C@@H]2C3=C(C[C@H](c4ccc(O)c(OC)c4)CC3=O)Nc3onc(C)c32)c1. The molecule has 0 bridgehead atoms. The minimum Gasteiger partial charge on any atom is -0.504 e. The number of benzene rings is 2. The normalized spacial score (nSPS) is 19.2. The summed E-state index contributed by atoms with van der Waals surface area (Å²) in [6.45, 7) is 1.87. The zero-order chi connectivity index (χ0) is 24.0. The van der Waals surface area contributed by atoms with Crippen LogP contribution in [0.3, 0.4) is 0 Å². The molecule has 2 aromatic carbocycles. The van der Waals surface area contributed by atoms with Gasteiger partial charge in [-0.3, -0.25) is 4.79 Å². The number of hydrogen-bond acceptors (Lipinski definition) is 8. The molecule has 2 heterocycles. The maximum absolute atomic E-state index is 13.7. The number of carbonyl (C=O) groups is 1. The molecule has 2 N–H and O–H groups in total. The fourth-order valence-electron chi connectivity index (χ4n) is 5.03. The highest BCUT2D eigenvalue weighted by molar-refractivity contribution is 6.01. The summed E-state index contributed by atoms with van der Waals surface area (Å²) in [6, 6.07) is 10.8. The number of phenolic OH excluding ortho intramolecular Hbond substituents is 1. The van der Waals surface area contributed by atoms with Gasteiger partial charge in [-0.2, -0.15) is 0 Å². The zero-order valence-electron chi connectivity index (χ0n) is 19.5. The van der Waals surface area contributed by atoms with E-state index >= 15 is 0 Å². The van der Waals surface area contributed by atoms with E-state index in [0.717, 1.165) is 22.4 Å². The van der Waals surface area contributed by atoms with Crippen LogP contribution in [0.4, 0.5) is 5.88 Å². The van der Waals surface area contributed by atoms with E-state index < -0.39 is 5.92 Å². The van der Waals surface area contributed by atoms with Gasteiger partial charge in [0, 0.05) is 23.3 Å². The molecule has 1 aromatic heterocycles. The summed E-state index contributed by atoms with van der Waals surface area (Å²) in [5, 5.41) is 17.5. The number of anilines is 1. The van der Waals surface area contributed by atoms with E-state index in [0.29, 0.717) is 47.2 Å². The standard InChI is InChI=1S/C26H26N2O6/c1-13-23-24(17-12-16(31-2)6-8-21(17)32-3)25-18(27-26(23)34-28-13)9-15(10-20(25)30)14-5-7-19(29)22(11-14)33-4/h5-8,11-12,15,24,27,29H,9-10H2,1-4H3/t15-,24-/m0/s1. The lowest BCUT2D eigenvalue weighted by Crippen LogP contribution is -2.29. The van der Waals surface area contributed by atoms with Crippen molar-refractivity contribution in [2.24, 2.45) is 0 Å². The first-order valence-corrected chi connectivity index (χ1v) is 11.0. The average molecular weight is 463 g/mol. The molecular weight excluding hydrogens is 436 g/mol. The van der Waals surface area contributed by atoms with Gasteiger partial charge in [-0.15, -0.1) is 0 Å². The predicted molar refractivity (Wildman–Crippen MR) is 125 cm³/mol. The van der Waals surface area contributed by atoms with Crippen LogP contribution in [-0.4, -0.2) is 37.4 Å². The highest BCUT2D eigenvalue weighted by Crippen LogP contribution is 2.51. The number of methoxy groups -OCH3 is 3. The maximum atomic E-state index is 13.7. The van der Waals surface area contributed by atoms with Crippen molar-refractivity contribution in [1.29, 1.82) is 0 Å². The van der Waals surface area contributed by atoms with E-state index in [1.807, 2.05) is 31.2 Å². The lowest BCUT2D eigenvalue weighted by Gasteiger charge is -2.35. The molecule has 1 aliphatic carbocycles. The van der Waals surface area contributed by atoms with Gasteiger partial charge in [0.05, 0.1) is 38.5 Å². The summed E-state index contributed by atoms with van der Waals surface area (Å²) < 4.78 is 22.0. The number of ether oxygens (including phenoxy) is 3. The molecule has 5 rings (SSSR count). The van der Waals surface area contributed by atoms with Crippen molar-refractivity contribution in [2.75, 3.05) is 26.6 Å². The van der Waals surface area contributed by atoms with E-state index in [9.17, 15) is 9.90 Å². The number of rotatable bonds is 5. The van der Waals surface area contributed by atoms with Crippen molar-refractivity contribution in [3.63, 3.8) is 0 Å². The molecule has 0 fully saturated rings. The number of phenols is 1. The number of Topliss-reactive ketones (excluding diaryl/α,β-unsaturated/α-hetero) is 1.